The highest BCUT2D eigenvalue weighted by atomic mass is 16.5. The monoisotopic (exact) mass is 476 g/mol. The molecule has 2 bridgehead atoms. The van der Waals surface area contributed by atoms with Gasteiger partial charge in [-0.25, -0.2) is 0 Å². The van der Waals surface area contributed by atoms with Crippen molar-refractivity contribution in [1.82, 2.24) is 20.1 Å². The first-order chi connectivity index (χ1) is 16.8. The van der Waals surface area contributed by atoms with Gasteiger partial charge in [0.15, 0.2) is 11.5 Å². The third kappa shape index (κ3) is 2.71. The number of likely N-dealkylation sites (tertiary alicyclic amines) is 1. The molecule has 4 heterocycles. The number of carbonyl (C=O) groups excluding carboxylic acids is 1. The molecule has 1 spiro atoms. The molecule has 3 aliphatic heterocycles. The highest BCUT2D eigenvalue weighted by Gasteiger charge is 2.65. The van der Waals surface area contributed by atoms with Crippen molar-refractivity contribution in [2.45, 2.75) is 69.7 Å². The molecule has 2 saturated heterocycles. The average molecular weight is 477 g/mol. The van der Waals surface area contributed by atoms with Crippen molar-refractivity contribution in [3.63, 3.8) is 0 Å². The summed E-state index contributed by atoms with van der Waals surface area (Å²) in [4.78, 5) is 22.0. The van der Waals surface area contributed by atoms with E-state index in [1.807, 2.05) is 4.90 Å². The number of piperazine rings is 1. The number of nitrogens with zero attached hydrogens (tertiary/aromatic N) is 2. The summed E-state index contributed by atoms with van der Waals surface area (Å²) < 4.78 is 12.7. The SMILES string of the molecule is COc1ccc2c3c1O[C@H]1c4[nH]c(C(=O)N5CC(C)NC(C)C5)c(C)c4CC4[C@H](C2)N(C)CC[C@@]341. The largest absolute Gasteiger partial charge is 0.493 e. The molecule has 2 aliphatic carbocycles. The zero-order valence-electron chi connectivity index (χ0n) is 21.4. The predicted molar refractivity (Wildman–Crippen MR) is 133 cm³/mol. The topological polar surface area (TPSA) is 69.8 Å². The number of aromatic amines is 1. The summed E-state index contributed by atoms with van der Waals surface area (Å²) >= 11 is 0. The molecule has 6 atom stereocenters. The molecule has 1 aromatic heterocycles. The maximum Gasteiger partial charge on any atom is 0.270 e. The van der Waals surface area contributed by atoms with Crippen molar-refractivity contribution in [2.24, 2.45) is 5.92 Å². The van der Waals surface area contributed by atoms with Crippen molar-refractivity contribution >= 4 is 5.91 Å². The van der Waals surface area contributed by atoms with E-state index in [0.29, 0.717) is 24.0 Å². The number of piperidine rings is 1. The Morgan fingerprint density at radius 2 is 1.97 bits per heavy atom. The van der Waals surface area contributed by atoms with E-state index in [1.165, 1.54) is 16.7 Å². The van der Waals surface area contributed by atoms with E-state index in [9.17, 15) is 4.79 Å². The minimum atomic E-state index is -0.0982. The number of hydrogen-bond acceptors (Lipinski definition) is 5. The lowest BCUT2D eigenvalue weighted by atomic mass is 9.51. The highest BCUT2D eigenvalue weighted by molar-refractivity contribution is 5.95. The average Bonchev–Trinajstić information content (AvgIpc) is 3.34. The van der Waals surface area contributed by atoms with Crippen LogP contribution in [-0.2, 0) is 18.3 Å². The fourth-order valence-electron chi connectivity index (χ4n) is 8.30. The van der Waals surface area contributed by atoms with E-state index >= 15 is 0 Å². The van der Waals surface area contributed by atoms with Crippen LogP contribution in [0.3, 0.4) is 0 Å². The van der Waals surface area contributed by atoms with Gasteiger partial charge in [0.05, 0.1) is 12.8 Å². The highest BCUT2D eigenvalue weighted by Crippen LogP contribution is 2.67. The lowest BCUT2D eigenvalue weighted by Crippen LogP contribution is -2.62. The van der Waals surface area contributed by atoms with E-state index in [-0.39, 0.29) is 17.4 Å². The fourth-order valence-corrected chi connectivity index (χ4v) is 8.30. The lowest BCUT2D eigenvalue weighted by molar-refractivity contribution is -0.0256. The van der Waals surface area contributed by atoms with Crippen LogP contribution in [-0.4, -0.2) is 72.6 Å². The van der Waals surface area contributed by atoms with Crippen molar-refractivity contribution in [3.8, 4) is 11.5 Å². The first-order valence-electron chi connectivity index (χ1n) is 13.2. The number of benzene rings is 1. The van der Waals surface area contributed by atoms with Gasteiger partial charge in [-0.3, -0.25) is 4.79 Å². The van der Waals surface area contributed by atoms with Gasteiger partial charge >= 0.3 is 0 Å². The number of carbonyl (C=O) groups is 1. The summed E-state index contributed by atoms with van der Waals surface area (Å²) in [6.07, 6.45) is 3.01. The van der Waals surface area contributed by atoms with Crippen molar-refractivity contribution in [3.05, 3.63) is 45.8 Å². The molecule has 3 unspecified atom stereocenters. The van der Waals surface area contributed by atoms with E-state index in [1.54, 1.807) is 7.11 Å². The van der Waals surface area contributed by atoms with Gasteiger partial charge in [-0.15, -0.1) is 0 Å². The Bertz CT molecular complexity index is 1230. The first-order valence-corrected chi connectivity index (χ1v) is 13.2. The van der Waals surface area contributed by atoms with Crippen LogP contribution in [0.2, 0.25) is 0 Å². The standard InChI is InChI=1S/C28H36N4O3/c1-14-12-32(13-15(2)29-14)27(33)23-16(3)18-11-19-20-10-17-6-7-21(34-5)25-22(17)28(19,8-9-31(20)4)26(35-25)24(18)30-23/h6-7,14-15,19-20,26,29-30H,8-13H2,1-5H3/t14?,15?,19?,20-,26-,28-/m0/s1. The van der Waals surface area contributed by atoms with Crippen molar-refractivity contribution < 1.29 is 14.3 Å². The number of amides is 1. The van der Waals surface area contributed by atoms with Crippen LogP contribution < -0.4 is 14.8 Å². The van der Waals surface area contributed by atoms with Gasteiger partial charge in [-0.05, 0) is 82.3 Å². The molecule has 186 valence electrons. The summed E-state index contributed by atoms with van der Waals surface area (Å²) in [5.41, 5.74) is 7.00. The minimum absolute atomic E-state index is 0.0582. The number of likely N-dealkylation sites (N-methyl/N-ethyl adjacent to an activating group) is 1. The number of fused-ring (bicyclic) bond motifs is 2. The zero-order valence-corrected chi connectivity index (χ0v) is 21.4. The number of hydrogen-bond donors (Lipinski definition) is 2. The Labute approximate surface area is 207 Å². The first kappa shape index (κ1) is 21.7. The summed E-state index contributed by atoms with van der Waals surface area (Å²) in [7, 11) is 4.01. The van der Waals surface area contributed by atoms with Gasteiger partial charge < -0.3 is 29.6 Å². The second-order valence-electron chi connectivity index (χ2n) is 11.7. The summed E-state index contributed by atoms with van der Waals surface area (Å²) in [6, 6.07) is 5.40. The molecule has 35 heavy (non-hydrogen) atoms. The summed E-state index contributed by atoms with van der Waals surface area (Å²) in [6.45, 7) is 8.96. The molecule has 2 aromatic rings. The van der Waals surface area contributed by atoms with Gasteiger partial charge in [0, 0.05) is 42.2 Å². The molecule has 2 fully saturated rings. The molecule has 0 saturated carbocycles. The Morgan fingerprint density at radius 1 is 1.20 bits per heavy atom. The molecular weight excluding hydrogens is 440 g/mol. The molecule has 1 aromatic carbocycles. The Balaban J connectivity index is 1.37. The van der Waals surface area contributed by atoms with Gasteiger partial charge in [-0.2, -0.15) is 0 Å². The van der Waals surface area contributed by atoms with Crippen LogP contribution in [0.1, 0.15) is 64.8 Å². The van der Waals surface area contributed by atoms with Crippen LogP contribution in [0, 0.1) is 12.8 Å². The van der Waals surface area contributed by atoms with E-state index < -0.39 is 0 Å². The number of aromatic nitrogens is 1. The Hall–Kier alpha value is -2.51. The number of H-pyrrole nitrogens is 1. The zero-order chi connectivity index (χ0) is 24.2. The molecule has 2 N–H and O–H groups in total. The maximum absolute atomic E-state index is 13.8. The quantitative estimate of drug-likeness (QED) is 0.698. The number of rotatable bonds is 2. The molecule has 7 rings (SSSR count). The van der Waals surface area contributed by atoms with Crippen LogP contribution in [0.15, 0.2) is 12.1 Å². The third-order valence-electron chi connectivity index (χ3n) is 9.75. The van der Waals surface area contributed by atoms with E-state index in [2.05, 4.69) is 55.2 Å². The third-order valence-corrected chi connectivity index (χ3v) is 9.75. The second-order valence-corrected chi connectivity index (χ2v) is 11.7. The van der Waals surface area contributed by atoms with Crippen molar-refractivity contribution in [1.29, 1.82) is 0 Å². The Kier molecular flexibility index (Phi) is 4.51. The number of ether oxygens (including phenoxy) is 2. The van der Waals surface area contributed by atoms with Gasteiger partial charge in [0.25, 0.3) is 5.91 Å². The number of nitrogens with one attached hydrogen (secondary N) is 2. The van der Waals surface area contributed by atoms with E-state index in [0.717, 1.165) is 67.3 Å². The molecule has 1 amide bonds. The van der Waals surface area contributed by atoms with Crippen LogP contribution in [0.25, 0.3) is 0 Å². The minimum Gasteiger partial charge on any atom is -0.493 e. The Morgan fingerprint density at radius 3 is 2.71 bits per heavy atom. The van der Waals surface area contributed by atoms with Gasteiger partial charge in [0.2, 0.25) is 0 Å². The fraction of sp³-hybridized carbons (Fsp3) is 0.607. The smallest absolute Gasteiger partial charge is 0.270 e. The second kappa shape index (κ2) is 7.26. The normalized spacial score (nSPS) is 34.8. The van der Waals surface area contributed by atoms with Gasteiger partial charge in [-0.1, -0.05) is 6.07 Å². The molecule has 7 nitrogen and oxygen atoms in total. The predicted octanol–water partition coefficient (Wildman–Crippen LogP) is 2.96. The summed E-state index contributed by atoms with van der Waals surface area (Å²) in [5, 5.41) is 3.54. The molecular formula is C28H36N4O3. The van der Waals surface area contributed by atoms with Crippen LogP contribution in [0.4, 0.5) is 0 Å². The molecule has 0 radical (unpaired) electrons. The van der Waals surface area contributed by atoms with Crippen LogP contribution >= 0.6 is 0 Å². The van der Waals surface area contributed by atoms with E-state index in [4.69, 9.17) is 9.47 Å². The van der Waals surface area contributed by atoms with Gasteiger partial charge in [0.1, 0.15) is 11.8 Å². The number of methoxy groups -OCH3 is 1. The summed E-state index contributed by atoms with van der Waals surface area (Å²) in [5.74, 6) is 2.34. The van der Waals surface area contributed by atoms with Crippen LogP contribution in [0.5, 0.6) is 11.5 Å². The maximum atomic E-state index is 13.8. The molecule has 5 aliphatic rings. The van der Waals surface area contributed by atoms with Crippen molar-refractivity contribution in [2.75, 3.05) is 33.8 Å². The molecule has 7 heteroatoms. The lowest BCUT2D eigenvalue weighted by Gasteiger charge is -2.57.